The van der Waals surface area contributed by atoms with Gasteiger partial charge >= 0.3 is 0 Å². The molecule has 19 heavy (non-hydrogen) atoms. The van der Waals surface area contributed by atoms with Gasteiger partial charge in [0, 0.05) is 10.9 Å². The number of benzene rings is 1. The van der Waals surface area contributed by atoms with Gasteiger partial charge in [0.05, 0.1) is 11.0 Å². The summed E-state index contributed by atoms with van der Waals surface area (Å²) in [5, 5.41) is 1.77. The summed E-state index contributed by atoms with van der Waals surface area (Å²) in [4.78, 5) is 8.02. The number of H-pyrrole nitrogens is 1. The van der Waals surface area contributed by atoms with E-state index < -0.39 is 0 Å². The van der Waals surface area contributed by atoms with Crippen molar-refractivity contribution >= 4 is 28.5 Å². The Balaban J connectivity index is 1.68. The number of fused-ring (bicyclic) bond motifs is 1. The van der Waals surface area contributed by atoms with E-state index in [0.717, 1.165) is 33.0 Å². The summed E-state index contributed by atoms with van der Waals surface area (Å²) in [6, 6.07) is 5.85. The van der Waals surface area contributed by atoms with Crippen LogP contribution < -0.4 is 5.73 Å². The largest absolute Gasteiger partial charge is 0.399 e. The number of nitrogens with zero attached hydrogens (tertiary/aromatic N) is 1. The summed E-state index contributed by atoms with van der Waals surface area (Å²) < 4.78 is 0. The molecule has 0 aliphatic heterocycles. The zero-order valence-electron chi connectivity index (χ0n) is 11.4. The van der Waals surface area contributed by atoms with Crippen molar-refractivity contribution in [2.45, 2.75) is 49.4 Å². The van der Waals surface area contributed by atoms with Gasteiger partial charge in [-0.15, -0.1) is 0 Å². The summed E-state index contributed by atoms with van der Waals surface area (Å²) in [7, 11) is 0. The summed E-state index contributed by atoms with van der Waals surface area (Å²) >= 11 is 1.90. The third-order valence-corrected chi connectivity index (χ3v) is 5.35. The summed E-state index contributed by atoms with van der Waals surface area (Å²) in [5.74, 6) is 0.951. The molecule has 102 valence electrons. The van der Waals surface area contributed by atoms with Gasteiger partial charge in [0.2, 0.25) is 0 Å². The lowest BCUT2D eigenvalue weighted by Gasteiger charge is -2.26. The van der Waals surface area contributed by atoms with Crippen LogP contribution in [0.25, 0.3) is 11.0 Å². The maximum absolute atomic E-state index is 5.79. The number of nitrogen functional groups attached to an aromatic ring is 1. The van der Waals surface area contributed by atoms with Gasteiger partial charge in [0.15, 0.2) is 5.16 Å². The van der Waals surface area contributed by atoms with Crippen molar-refractivity contribution in [3.05, 3.63) is 18.2 Å². The fraction of sp³-hybridized carbons (Fsp3) is 0.533. The van der Waals surface area contributed by atoms with Crippen LogP contribution in [-0.2, 0) is 0 Å². The maximum Gasteiger partial charge on any atom is 0.166 e. The molecule has 0 spiro atoms. The highest BCUT2D eigenvalue weighted by Crippen LogP contribution is 2.36. The lowest BCUT2D eigenvalue weighted by molar-refractivity contribution is 0.356. The van der Waals surface area contributed by atoms with E-state index in [1.165, 1.54) is 32.1 Å². The standard InChI is InChI=1S/C15H21N3S/c1-2-10-3-6-12(7-4-10)19-15-17-13-8-5-11(16)9-14(13)18-15/h5,8-10,12H,2-4,6-7,16H2,1H3,(H,17,18). The van der Waals surface area contributed by atoms with Crippen LogP contribution in [-0.4, -0.2) is 15.2 Å². The molecule has 1 aliphatic carbocycles. The highest BCUT2D eigenvalue weighted by atomic mass is 32.2. The zero-order chi connectivity index (χ0) is 13.2. The van der Waals surface area contributed by atoms with E-state index in [0.29, 0.717) is 0 Å². The number of rotatable bonds is 3. The minimum atomic E-state index is 0.723. The molecule has 3 N–H and O–H groups in total. The molecule has 0 amide bonds. The van der Waals surface area contributed by atoms with Crippen molar-refractivity contribution in [2.24, 2.45) is 5.92 Å². The van der Waals surface area contributed by atoms with E-state index in [9.17, 15) is 0 Å². The Kier molecular flexibility index (Phi) is 3.69. The van der Waals surface area contributed by atoms with E-state index in [1.54, 1.807) is 0 Å². The summed E-state index contributed by atoms with van der Waals surface area (Å²) in [6.07, 6.45) is 6.73. The lowest BCUT2D eigenvalue weighted by Crippen LogP contribution is -2.15. The van der Waals surface area contributed by atoms with Crippen LogP contribution in [0.1, 0.15) is 39.0 Å². The normalized spacial score (nSPS) is 23.8. The number of thioether (sulfide) groups is 1. The van der Waals surface area contributed by atoms with Crippen LogP contribution in [0.5, 0.6) is 0 Å². The Morgan fingerprint density at radius 2 is 2.11 bits per heavy atom. The number of aromatic amines is 1. The topological polar surface area (TPSA) is 54.7 Å². The van der Waals surface area contributed by atoms with E-state index in [1.807, 2.05) is 30.0 Å². The van der Waals surface area contributed by atoms with Gasteiger partial charge in [0.25, 0.3) is 0 Å². The molecule has 1 aromatic heterocycles. The monoisotopic (exact) mass is 275 g/mol. The fourth-order valence-corrected chi connectivity index (χ4v) is 4.02. The molecule has 0 saturated heterocycles. The Morgan fingerprint density at radius 3 is 2.84 bits per heavy atom. The third kappa shape index (κ3) is 2.89. The number of nitrogens with two attached hydrogens (primary N) is 1. The Labute approximate surface area is 118 Å². The predicted molar refractivity (Wildman–Crippen MR) is 82.4 cm³/mol. The molecule has 2 aromatic rings. The molecule has 1 heterocycles. The molecular formula is C15H21N3S. The number of nitrogens with one attached hydrogen (secondary N) is 1. The minimum Gasteiger partial charge on any atom is -0.399 e. The van der Waals surface area contributed by atoms with E-state index >= 15 is 0 Å². The molecule has 1 aromatic carbocycles. The highest BCUT2D eigenvalue weighted by molar-refractivity contribution is 7.99. The summed E-state index contributed by atoms with van der Waals surface area (Å²) in [6.45, 7) is 2.31. The SMILES string of the molecule is CCC1CCC(Sc2nc3ccc(N)cc3[nH]2)CC1. The average Bonchev–Trinajstić information content (AvgIpc) is 2.81. The summed E-state index contributed by atoms with van der Waals surface area (Å²) in [5.41, 5.74) is 8.64. The first-order valence-corrected chi connectivity index (χ1v) is 8.04. The van der Waals surface area contributed by atoms with E-state index in [2.05, 4.69) is 16.9 Å². The Morgan fingerprint density at radius 1 is 1.32 bits per heavy atom. The van der Waals surface area contributed by atoms with Crippen molar-refractivity contribution in [2.75, 3.05) is 5.73 Å². The van der Waals surface area contributed by atoms with Crippen LogP contribution in [0, 0.1) is 5.92 Å². The van der Waals surface area contributed by atoms with Crippen molar-refractivity contribution in [3.63, 3.8) is 0 Å². The molecule has 3 nitrogen and oxygen atoms in total. The van der Waals surface area contributed by atoms with Gasteiger partial charge in [-0.25, -0.2) is 4.98 Å². The second-order valence-corrected chi connectivity index (χ2v) is 6.78. The first-order chi connectivity index (χ1) is 9.24. The van der Waals surface area contributed by atoms with Gasteiger partial charge in [-0.1, -0.05) is 25.1 Å². The Hall–Kier alpha value is -1.16. The molecule has 1 saturated carbocycles. The minimum absolute atomic E-state index is 0.723. The van der Waals surface area contributed by atoms with Crippen LogP contribution in [0.15, 0.2) is 23.4 Å². The molecule has 0 unspecified atom stereocenters. The van der Waals surface area contributed by atoms with Crippen LogP contribution >= 0.6 is 11.8 Å². The maximum atomic E-state index is 5.79. The molecule has 1 fully saturated rings. The second-order valence-electron chi connectivity index (χ2n) is 5.49. The molecule has 0 radical (unpaired) electrons. The average molecular weight is 275 g/mol. The smallest absolute Gasteiger partial charge is 0.166 e. The number of hydrogen-bond donors (Lipinski definition) is 2. The van der Waals surface area contributed by atoms with Crippen LogP contribution in [0.3, 0.4) is 0 Å². The van der Waals surface area contributed by atoms with Crippen molar-refractivity contribution in [1.82, 2.24) is 9.97 Å². The fourth-order valence-electron chi connectivity index (χ4n) is 2.88. The number of imidazole rings is 1. The highest BCUT2D eigenvalue weighted by Gasteiger charge is 2.21. The van der Waals surface area contributed by atoms with Crippen LogP contribution in [0.4, 0.5) is 5.69 Å². The Bertz CT molecular complexity index is 556. The number of aromatic nitrogens is 2. The first-order valence-electron chi connectivity index (χ1n) is 7.16. The molecular weight excluding hydrogens is 254 g/mol. The molecule has 0 bridgehead atoms. The predicted octanol–water partition coefficient (Wildman–Crippen LogP) is 4.21. The van der Waals surface area contributed by atoms with E-state index in [4.69, 9.17) is 5.73 Å². The van der Waals surface area contributed by atoms with Crippen molar-refractivity contribution < 1.29 is 0 Å². The quantitative estimate of drug-likeness (QED) is 0.825. The van der Waals surface area contributed by atoms with Gasteiger partial charge in [-0.05, 0) is 49.8 Å². The van der Waals surface area contributed by atoms with Crippen molar-refractivity contribution in [3.8, 4) is 0 Å². The van der Waals surface area contributed by atoms with E-state index in [-0.39, 0.29) is 0 Å². The van der Waals surface area contributed by atoms with Gasteiger partial charge in [-0.2, -0.15) is 0 Å². The molecule has 0 atom stereocenters. The third-order valence-electron chi connectivity index (χ3n) is 4.13. The van der Waals surface area contributed by atoms with Crippen LogP contribution in [0.2, 0.25) is 0 Å². The number of hydrogen-bond acceptors (Lipinski definition) is 3. The molecule has 4 heteroatoms. The van der Waals surface area contributed by atoms with Gasteiger partial charge < -0.3 is 10.7 Å². The lowest BCUT2D eigenvalue weighted by atomic mass is 9.87. The second kappa shape index (κ2) is 5.45. The molecule has 1 aliphatic rings. The molecule has 3 rings (SSSR count). The van der Waals surface area contributed by atoms with Gasteiger partial charge in [-0.3, -0.25) is 0 Å². The first kappa shape index (κ1) is 12.9. The number of anilines is 1. The van der Waals surface area contributed by atoms with Gasteiger partial charge in [0.1, 0.15) is 0 Å². The zero-order valence-corrected chi connectivity index (χ0v) is 12.2. The van der Waals surface area contributed by atoms with Crippen molar-refractivity contribution in [1.29, 1.82) is 0 Å².